The van der Waals surface area contributed by atoms with Crippen molar-refractivity contribution in [3.8, 4) is 28.4 Å². The second kappa shape index (κ2) is 10.6. The van der Waals surface area contributed by atoms with Crippen LogP contribution in [0.3, 0.4) is 0 Å². The zero-order chi connectivity index (χ0) is 21.3. The third-order valence-electron chi connectivity index (χ3n) is 4.74. The van der Waals surface area contributed by atoms with E-state index in [-0.39, 0.29) is 4.90 Å². The number of hydrogen-bond donors (Lipinski definition) is 0. The number of aryl methyl sites for hydroxylation is 1. The normalized spacial score (nSPS) is 10.2. The lowest BCUT2D eigenvalue weighted by Gasteiger charge is -2.06. The van der Waals surface area contributed by atoms with Crippen molar-refractivity contribution in [2.75, 3.05) is 0 Å². The zero-order valence-corrected chi connectivity index (χ0v) is 17.5. The quantitative estimate of drug-likeness (QED) is 0.181. The molecule has 0 aliphatic carbocycles. The van der Waals surface area contributed by atoms with Crippen LogP contribution < -0.4 is 0 Å². The number of thioether (sulfide) groups is 1. The summed E-state index contributed by atoms with van der Waals surface area (Å²) in [5.74, 6) is 5.04. The maximum absolute atomic E-state index is 14.6. The number of benzene rings is 3. The standard InChI is InChI=1S/C26H21F2NS/c1-2-3-4-5-19-6-8-20(9-7-19)10-11-21-12-14-23(24(27)16-21)22-13-15-26(30-18-29)25(28)17-22/h6-9,12-17H,2-5H2,1H3. The van der Waals surface area contributed by atoms with Gasteiger partial charge in [-0.3, -0.25) is 0 Å². The van der Waals surface area contributed by atoms with Crippen molar-refractivity contribution in [1.82, 2.24) is 0 Å². The first-order valence-corrected chi connectivity index (χ1v) is 10.7. The Kier molecular flexibility index (Phi) is 7.66. The fourth-order valence-electron chi connectivity index (χ4n) is 3.11. The molecule has 0 radical (unpaired) electrons. The Balaban J connectivity index is 1.74. The molecule has 3 aromatic carbocycles. The molecule has 3 rings (SSSR count). The maximum atomic E-state index is 14.6. The molecule has 0 saturated heterocycles. The lowest BCUT2D eigenvalue weighted by Crippen LogP contribution is -1.89. The smallest absolute Gasteiger partial charge is 0.138 e. The first-order valence-electron chi connectivity index (χ1n) is 9.87. The van der Waals surface area contributed by atoms with Gasteiger partial charge in [0, 0.05) is 16.7 Å². The number of nitriles is 1. The molecular formula is C26H21F2NS. The van der Waals surface area contributed by atoms with E-state index in [2.05, 4.69) is 30.9 Å². The molecule has 0 atom stereocenters. The highest BCUT2D eigenvalue weighted by atomic mass is 32.2. The summed E-state index contributed by atoms with van der Waals surface area (Å²) in [6.45, 7) is 2.19. The molecule has 0 bridgehead atoms. The predicted molar refractivity (Wildman–Crippen MR) is 119 cm³/mol. The van der Waals surface area contributed by atoms with Crippen LogP contribution in [0.2, 0.25) is 0 Å². The molecule has 0 saturated carbocycles. The van der Waals surface area contributed by atoms with Gasteiger partial charge in [-0.1, -0.05) is 55.9 Å². The predicted octanol–water partition coefficient (Wildman–Crippen LogP) is 7.34. The van der Waals surface area contributed by atoms with Gasteiger partial charge in [0.1, 0.15) is 17.0 Å². The summed E-state index contributed by atoms with van der Waals surface area (Å²) in [7, 11) is 0. The van der Waals surface area contributed by atoms with Crippen LogP contribution in [0.1, 0.15) is 42.9 Å². The Morgan fingerprint density at radius 2 is 1.57 bits per heavy atom. The largest absolute Gasteiger partial charge is 0.206 e. The summed E-state index contributed by atoms with van der Waals surface area (Å²) in [4.78, 5) is 0.223. The third kappa shape index (κ3) is 5.72. The number of nitrogens with zero attached hydrogens (tertiary/aromatic N) is 1. The van der Waals surface area contributed by atoms with Gasteiger partial charge in [0.05, 0.1) is 4.90 Å². The highest BCUT2D eigenvalue weighted by Crippen LogP contribution is 2.28. The van der Waals surface area contributed by atoms with Crippen molar-refractivity contribution in [3.63, 3.8) is 0 Å². The van der Waals surface area contributed by atoms with Gasteiger partial charge in [0.15, 0.2) is 0 Å². The van der Waals surface area contributed by atoms with Gasteiger partial charge in [0.2, 0.25) is 0 Å². The SMILES string of the molecule is CCCCCc1ccc(C#Cc2ccc(-c3ccc(SC#N)c(F)c3)c(F)c2)cc1. The van der Waals surface area contributed by atoms with Crippen molar-refractivity contribution in [3.05, 3.63) is 89.0 Å². The molecule has 0 aliphatic rings. The summed E-state index contributed by atoms with van der Waals surface area (Å²) in [6, 6.07) is 17.2. The Morgan fingerprint density at radius 3 is 2.23 bits per heavy atom. The van der Waals surface area contributed by atoms with Gasteiger partial charge in [-0.15, -0.1) is 0 Å². The summed E-state index contributed by atoms with van der Waals surface area (Å²) in [5.41, 5.74) is 3.46. The zero-order valence-electron chi connectivity index (χ0n) is 16.7. The Labute approximate surface area is 180 Å². The van der Waals surface area contributed by atoms with Gasteiger partial charge in [0.25, 0.3) is 0 Å². The van der Waals surface area contributed by atoms with Gasteiger partial charge >= 0.3 is 0 Å². The van der Waals surface area contributed by atoms with Gasteiger partial charge < -0.3 is 0 Å². The highest BCUT2D eigenvalue weighted by molar-refractivity contribution is 8.03. The van der Waals surface area contributed by atoms with Crippen LogP contribution in [0.4, 0.5) is 8.78 Å². The first kappa shape index (κ1) is 21.6. The first-order chi connectivity index (χ1) is 14.6. The Morgan fingerprint density at radius 1 is 0.833 bits per heavy atom. The summed E-state index contributed by atoms with van der Waals surface area (Å²) in [5, 5.41) is 10.5. The summed E-state index contributed by atoms with van der Waals surface area (Å²) in [6.07, 6.45) is 4.71. The molecular weight excluding hydrogens is 396 g/mol. The number of thiocyanates is 1. The van der Waals surface area contributed by atoms with Crippen LogP contribution >= 0.6 is 11.8 Å². The van der Waals surface area contributed by atoms with E-state index in [0.717, 1.165) is 23.7 Å². The van der Waals surface area contributed by atoms with Crippen molar-refractivity contribution < 1.29 is 8.78 Å². The minimum atomic E-state index is -0.541. The second-order valence-corrected chi connectivity index (χ2v) is 7.76. The Hall–Kier alpha value is -3.08. The van der Waals surface area contributed by atoms with Crippen LogP contribution in [-0.2, 0) is 6.42 Å². The molecule has 0 aliphatic heterocycles. The van der Waals surface area contributed by atoms with Crippen LogP contribution in [0.25, 0.3) is 11.1 Å². The maximum Gasteiger partial charge on any atom is 0.138 e. The minimum absolute atomic E-state index is 0.223. The average molecular weight is 418 g/mol. The van der Waals surface area contributed by atoms with E-state index in [1.54, 1.807) is 18.2 Å². The number of hydrogen-bond acceptors (Lipinski definition) is 2. The molecule has 0 N–H and O–H groups in total. The van der Waals surface area contributed by atoms with E-state index >= 15 is 0 Å². The van der Waals surface area contributed by atoms with Gasteiger partial charge in [-0.25, -0.2) is 8.78 Å². The van der Waals surface area contributed by atoms with E-state index in [1.807, 2.05) is 17.5 Å². The Bertz CT molecular complexity index is 1120. The molecule has 1 nitrogen and oxygen atoms in total. The number of halogens is 2. The highest BCUT2D eigenvalue weighted by Gasteiger charge is 2.10. The number of unbranched alkanes of at least 4 members (excludes halogenated alkanes) is 2. The lowest BCUT2D eigenvalue weighted by atomic mass is 10.0. The molecule has 0 heterocycles. The second-order valence-electron chi connectivity index (χ2n) is 6.94. The molecule has 30 heavy (non-hydrogen) atoms. The van der Waals surface area contributed by atoms with Gasteiger partial charge in [-0.05, 0) is 72.1 Å². The van der Waals surface area contributed by atoms with Crippen molar-refractivity contribution in [2.45, 2.75) is 37.5 Å². The lowest BCUT2D eigenvalue weighted by molar-refractivity contribution is 0.602. The van der Waals surface area contributed by atoms with Crippen molar-refractivity contribution >= 4 is 11.8 Å². The van der Waals surface area contributed by atoms with E-state index in [4.69, 9.17) is 5.26 Å². The molecule has 0 aromatic heterocycles. The van der Waals surface area contributed by atoms with E-state index in [9.17, 15) is 8.78 Å². The summed E-state index contributed by atoms with van der Waals surface area (Å²) < 4.78 is 28.6. The third-order valence-corrected chi connectivity index (χ3v) is 5.38. The average Bonchev–Trinajstić information content (AvgIpc) is 2.75. The fourth-order valence-corrected chi connectivity index (χ4v) is 3.50. The molecule has 0 unspecified atom stereocenters. The van der Waals surface area contributed by atoms with E-state index in [1.165, 1.54) is 43.0 Å². The van der Waals surface area contributed by atoms with Crippen LogP contribution in [0.15, 0.2) is 65.6 Å². The number of rotatable bonds is 6. The fraction of sp³-hybridized carbons (Fsp3) is 0.192. The molecule has 0 amide bonds. The van der Waals surface area contributed by atoms with Crippen molar-refractivity contribution in [1.29, 1.82) is 5.26 Å². The molecule has 4 heteroatoms. The van der Waals surface area contributed by atoms with Crippen LogP contribution in [-0.4, -0.2) is 0 Å². The molecule has 150 valence electrons. The van der Waals surface area contributed by atoms with Crippen molar-refractivity contribution in [2.24, 2.45) is 0 Å². The van der Waals surface area contributed by atoms with E-state index < -0.39 is 11.6 Å². The topological polar surface area (TPSA) is 23.8 Å². The van der Waals surface area contributed by atoms with Crippen LogP contribution in [0.5, 0.6) is 0 Å². The van der Waals surface area contributed by atoms with Gasteiger partial charge in [-0.2, -0.15) is 5.26 Å². The molecule has 0 spiro atoms. The molecule has 0 fully saturated rings. The summed E-state index contributed by atoms with van der Waals surface area (Å²) >= 11 is 0.741. The van der Waals surface area contributed by atoms with Crippen LogP contribution in [0, 0.1) is 34.1 Å². The van der Waals surface area contributed by atoms with E-state index in [0.29, 0.717) is 16.7 Å². The minimum Gasteiger partial charge on any atom is -0.206 e. The molecule has 3 aromatic rings. The monoisotopic (exact) mass is 417 g/mol.